The number of nitrogens with two attached hydrogens (primary N) is 1. The van der Waals surface area contributed by atoms with Gasteiger partial charge in [-0.15, -0.1) is 0 Å². The number of anilines is 1. The molecule has 1 fully saturated rings. The summed E-state index contributed by atoms with van der Waals surface area (Å²) in [6, 6.07) is 11.3. The maximum atomic E-state index is 13.2. The van der Waals surface area contributed by atoms with E-state index in [0.717, 1.165) is 36.3 Å². The second kappa shape index (κ2) is 9.71. The number of ether oxygens (including phenoxy) is 1. The van der Waals surface area contributed by atoms with Crippen molar-refractivity contribution < 1.29 is 9.53 Å². The molecule has 9 nitrogen and oxygen atoms in total. The minimum absolute atomic E-state index is 0.0214. The van der Waals surface area contributed by atoms with Crippen LogP contribution in [0.15, 0.2) is 53.6 Å². The van der Waals surface area contributed by atoms with Crippen LogP contribution in [-0.2, 0) is 22.5 Å². The summed E-state index contributed by atoms with van der Waals surface area (Å²) in [6.45, 7) is 3.84. The van der Waals surface area contributed by atoms with E-state index in [4.69, 9.17) is 15.5 Å². The van der Waals surface area contributed by atoms with Crippen LogP contribution in [-0.4, -0.2) is 44.7 Å². The Balaban J connectivity index is 1.39. The summed E-state index contributed by atoms with van der Waals surface area (Å²) < 4.78 is 7.37. The standard InChI is InChI=1S/C26H28N6O3/c1-2-32-24(27)22(25-28-11-12-29-25)23(34)19-9-10-20(31-26(19)32)17-7-5-16(6-8-17)14-21(33)30-15-18-4-3-13-35-18/h5-12,18H,2-4,13-15,27H2,1H3,(H,28,29)(H,30,33)/t18-/m0/s1. The molecule has 1 aliphatic heterocycles. The van der Waals surface area contributed by atoms with Crippen molar-refractivity contribution in [2.45, 2.75) is 38.8 Å². The molecular formula is C26H28N6O3. The number of aromatic amines is 1. The Bertz CT molecular complexity index is 1400. The number of pyridine rings is 2. The highest BCUT2D eigenvalue weighted by Crippen LogP contribution is 2.26. The number of H-pyrrole nitrogens is 1. The molecule has 0 saturated carbocycles. The van der Waals surface area contributed by atoms with E-state index in [9.17, 15) is 9.59 Å². The first-order valence-electron chi connectivity index (χ1n) is 11.9. The second-order valence-electron chi connectivity index (χ2n) is 8.65. The fourth-order valence-electron chi connectivity index (χ4n) is 4.52. The molecule has 35 heavy (non-hydrogen) atoms. The molecule has 1 saturated heterocycles. The van der Waals surface area contributed by atoms with Crippen LogP contribution in [0, 0.1) is 0 Å². The average Bonchev–Trinajstić information content (AvgIpc) is 3.58. The number of imidazole rings is 1. The molecular weight excluding hydrogens is 444 g/mol. The third-order valence-electron chi connectivity index (χ3n) is 6.37. The van der Waals surface area contributed by atoms with Gasteiger partial charge in [0.2, 0.25) is 11.3 Å². The predicted octanol–water partition coefficient (Wildman–Crippen LogP) is 2.89. The van der Waals surface area contributed by atoms with Gasteiger partial charge in [-0.1, -0.05) is 24.3 Å². The Morgan fingerprint density at radius 3 is 2.77 bits per heavy atom. The summed E-state index contributed by atoms with van der Waals surface area (Å²) >= 11 is 0. The number of hydrogen-bond acceptors (Lipinski definition) is 6. The number of carbonyl (C=O) groups is 1. The summed E-state index contributed by atoms with van der Waals surface area (Å²) in [7, 11) is 0. The van der Waals surface area contributed by atoms with Gasteiger partial charge in [-0.3, -0.25) is 9.59 Å². The number of amides is 1. The minimum Gasteiger partial charge on any atom is -0.384 e. The van der Waals surface area contributed by atoms with E-state index in [1.165, 1.54) is 0 Å². The van der Waals surface area contributed by atoms with E-state index in [2.05, 4.69) is 15.3 Å². The van der Waals surface area contributed by atoms with E-state index < -0.39 is 0 Å². The molecule has 180 valence electrons. The number of aromatic nitrogens is 4. The number of hydrogen-bond donors (Lipinski definition) is 3. The van der Waals surface area contributed by atoms with Gasteiger partial charge in [0.05, 0.1) is 23.6 Å². The molecule has 1 aliphatic rings. The number of fused-ring (bicyclic) bond motifs is 1. The van der Waals surface area contributed by atoms with Crippen molar-refractivity contribution in [1.29, 1.82) is 0 Å². The lowest BCUT2D eigenvalue weighted by Gasteiger charge is -2.15. The van der Waals surface area contributed by atoms with Crippen LogP contribution in [0.5, 0.6) is 0 Å². The maximum absolute atomic E-state index is 13.2. The van der Waals surface area contributed by atoms with Crippen LogP contribution in [0.1, 0.15) is 25.3 Å². The molecule has 0 spiro atoms. The zero-order valence-electron chi connectivity index (χ0n) is 19.6. The molecule has 1 amide bonds. The Labute approximate surface area is 202 Å². The number of nitrogen functional groups attached to an aromatic ring is 1. The number of aryl methyl sites for hydroxylation is 1. The third kappa shape index (κ3) is 4.54. The second-order valence-corrected chi connectivity index (χ2v) is 8.65. The van der Waals surface area contributed by atoms with Crippen LogP contribution < -0.4 is 16.5 Å². The van der Waals surface area contributed by atoms with Crippen molar-refractivity contribution in [3.63, 3.8) is 0 Å². The van der Waals surface area contributed by atoms with Crippen LogP contribution in [0.25, 0.3) is 33.7 Å². The normalized spacial score (nSPS) is 15.5. The van der Waals surface area contributed by atoms with Gasteiger partial charge in [0.15, 0.2) is 0 Å². The number of nitrogens with one attached hydrogen (secondary N) is 2. The molecule has 4 N–H and O–H groups in total. The van der Waals surface area contributed by atoms with Gasteiger partial charge in [-0.25, -0.2) is 9.97 Å². The van der Waals surface area contributed by atoms with Gasteiger partial charge in [0.25, 0.3) is 0 Å². The van der Waals surface area contributed by atoms with E-state index in [1.807, 2.05) is 41.8 Å². The molecule has 0 radical (unpaired) electrons. The van der Waals surface area contributed by atoms with Gasteiger partial charge in [0, 0.05) is 37.7 Å². The first-order valence-corrected chi connectivity index (χ1v) is 11.9. The van der Waals surface area contributed by atoms with Crippen LogP contribution in [0.4, 0.5) is 5.82 Å². The summed E-state index contributed by atoms with van der Waals surface area (Å²) in [4.78, 5) is 37.5. The zero-order chi connectivity index (χ0) is 24.4. The number of benzene rings is 1. The van der Waals surface area contributed by atoms with Crippen LogP contribution in [0.3, 0.4) is 0 Å². The summed E-state index contributed by atoms with van der Waals surface area (Å²) in [5.41, 5.74) is 9.58. The molecule has 0 aliphatic carbocycles. The topological polar surface area (TPSA) is 128 Å². The highest BCUT2D eigenvalue weighted by Gasteiger charge is 2.19. The predicted molar refractivity (Wildman–Crippen MR) is 135 cm³/mol. The van der Waals surface area contributed by atoms with E-state index >= 15 is 0 Å². The molecule has 0 bridgehead atoms. The Kier molecular flexibility index (Phi) is 6.33. The molecule has 0 unspecified atom stereocenters. The first-order chi connectivity index (χ1) is 17.0. The highest BCUT2D eigenvalue weighted by atomic mass is 16.5. The summed E-state index contributed by atoms with van der Waals surface area (Å²) in [5.74, 6) is 0.747. The summed E-state index contributed by atoms with van der Waals surface area (Å²) in [5, 5.41) is 3.43. The monoisotopic (exact) mass is 472 g/mol. The van der Waals surface area contributed by atoms with Crippen molar-refractivity contribution in [1.82, 2.24) is 24.8 Å². The van der Waals surface area contributed by atoms with E-state index in [1.54, 1.807) is 18.5 Å². The molecule has 4 heterocycles. The zero-order valence-corrected chi connectivity index (χ0v) is 19.6. The fraction of sp³-hybridized carbons (Fsp3) is 0.308. The van der Waals surface area contributed by atoms with Gasteiger partial charge in [-0.2, -0.15) is 0 Å². The quantitative estimate of drug-likeness (QED) is 0.379. The average molecular weight is 473 g/mol. The lowest BCUT2D eigenvalue weighted by molar-refractivity contribution is -0.120. The Hall–Kier alpha value is -3.98. The lowest BCUT2D eigenvalue weighted by atomic mass is 10.1. The smallest absolute Gasteiger partial charge is 0.224 e. The largest absolute Gasteiger partial charge is 0.384 e. The summed E-state index contributed by atoms with van der Waals surface area (Å²) in [6.07, 6.45) is 5.73. The fourth-order valence-corrected chi connectivity index (χ4v) is 4.52. The number of carbonyl (C=O) groups excluding carboxylic acids is 1. The van der Waals surface area contributed by atoms with Crippen molar-refractivity contribution >= 4 is 22.8 Å². The number of rotatable bonds is 7. The highest BCUT2D eigenvalue weighted by molar-refractivity contribution is 5.87. The van der Waals surface area contributed by atoms with Crippen molar-refractivity contribution in [3.8, 4) is 22.6 Å². The molecule has 4 aromatic rings. The van der Waals surface area contributed by atoms with Gasteiger partial charge in [-0.05, 0) is 37.5 Å². The molecule has 5 rings (SSSR count). The van der Waals surface area contributed by atoms with Crippen molar-refractivity contribution in [3.05, 3.63) is 64.6 Å². The Morgan fingerprint density at radius 2 is 2.09 bits per heavy atom. The van der Waals surface area contributed by atoms with E-state index in [0.29, 0.717) is 47.7 Å². The molecule has 1 aromatic carbocycles. The van der Waals surface area contributed by atoms with Gasteiger partial charge >= 0.3 is 0 Å². The minimum atomic E-state index is -0.208. The van der Waals surface area contributed by atoms with Crippen molar-refractivity contribution in [2.75, 3.05) is 18.9 Å². The molecule has 1 atom stereocenters. The first kappa shape index (κ1) is 22.8. The van der Waals surface area contributed by atoms with Gasteiger partial charge < -0.3 is 25.3 Å². The van der Waals surface area contributed by atoms with Gasteiger partial charge in [0.1, 0.15) is 22.9 Å². The Morgan fingerprint density at radius 1 is 1.26 bits per heavy atom. The molecule has 9 heteroatoms. The third-order valence-corrected chi connectivity index (χ3v) is 6.37. The SMILES string of the molecule is CCn1c(N)c(-c2ncc[nH]2)c(=O)c2ccc(-c3ccc(CC(=O)NC[C@@H]4CCCO4)cc3)nc21. The van der Waals surface area contributed by atoms with Crippen LogP contribution >= 0.6 is 0 Å². The number of nitrogens with zero attached hydrogens (tertiary/aromatic N) is 3. The maximum Gasteiger partial charge on any atom is 0.224 e. The van der Waals surface area contributed by atoms with E-state index in [-0.39, 0.29) is 17.4 Å². The van der Waals surface area contributed by atoms with Crippen LogP contribution in [0.2, 0.25) is 0 Å². The molecule has 3 aromatic heterocycles. The van der Waals surface area contributed by atoms with Crippen molar-refractivity contribution in [2.24, 2.45) is 0 Å². The lowest BCUT2D eigenvalue weighted by Crippen LogP contribution is -2.32.